The fourth-order valence-electron chi connectivity index (χ4n) is 3.03. The third-order valence-electron chi connectivity index (χ3n) is 3.82. The molecule has 112 valence electrons. The standard InChI is InChI=1S/C15H24N2O2S/c1-11-9-12(2)15(13(3)10-11)20(18,19)17-8-6-14-5-4-7-16-14/h9-10,14,16-17H,4-8H2,1-3H3. The first kappa shape index (κ1) is 15.5. The van der Waals surface area contributed by atoms with Gasteiger partial charge in [0.25, 0.3) is 0 Å². The second-order valence-electron chi connectivity index (χ2n) is 5.71. The van der Waals surface area contributed by atoms with E-state index in [9.17, 15) is 8.42 Å². The summed E-state index contributed by atoms with van der Waals surface area (Å²) in [6, 6.07) is 4.29. The van der Waals surface area contributed by atoms with Gasteiger partial charge in [0, 0.05) is 12.6 Å². The zero-order valence-corrected chi connectivity index (χ0v) is 13.3. The summed E-state index contributed by atoms with van der Waals surface area (Å²) in [5.41, 5.74) is 2.72. The van der Waals surface area contributed by atoms with E-state index in [0.29, 0.717) is 17.5 Å². The quantitative estimate of drug-likeness (QED) is 0.874. The Bertz CT molecular complexity index is 553. The lowest BCUT2D eigenvalue weighted by atomic mass is 10.1. The Balaban J connectivity index is 2.06. The smallest absolute Gasteiger partial charge is 0.241 e. The van der Waals surface area contributed by atoms with Gasteiger partial charge in [0.2, 0.25) is 10.0 Å². The number of hydrogen-bond acceptors (Lipinski definition) is 3. The summed E-state index contributed by atoms with van der Waals surface area (Å²) in [5, 5.41) is 3.38. The Kier molecular flexibility index (Phi) is 4.83. The maximum absolute atomic E-state index is 12.4. The molecule has 4 nitrogen and oxygen atoms in total. The Morgan fingerprint density at radius 1 is 1.25 bits per heavy atom. The van der Waals surface area contributed by atoms with Gasteiger partial charge in [0.05, 0.1) is 4.90 Å². The highest BCUT2D eigenvalue weighted by molar-refractivity contribution is 7.89. The fourth-order valence-corrected chi connectivity index (χ4v) is 4.53. The average molecular weight is 296 g/mol. The Hall–Kier alpha value is -0.910. The van der Waals surface area contributed by atoms with E-state index in [1.165, 1.54) is 6.42 Å². The summed E-state index contributed by atoms with van der Waals surface area (Å²) >= 11 is 0. The molecule has 1 atom stereocenters. The molecule has 0 radical (unpaired) electrons. The molecule has 1 fully saturated rings. The maximum atomic E-state index is 12.4. The topological polar surface area (TPSA) is 58.2 Å². The van der Waals surface area contributed by atoms with Crippen LogP contribution in [0.15, 0.2) is 17.0 Å². The molecule has 1 unspecified atom stereocenters. The Labute approximate surface area is 122 Å². The largest absolute Gasteiger partial charge is 0.314 e. The predicted molar refractivity (Wildman–Crippen MR) is 81.5 cm³/mol. The van der Waals surface area contributed by atoms with E-state index in [2.05, 4.69) is 10.0 Å². The van der Waals surface area contributed by atoms with E-state index >= 15 is 0 Å². The molecule has 1 aliphatic heterocycles. The van der Waals surface area contributed by atoms with Gasteiger partial charge >= 0.3 is 0 Å². The molecule has 0 bridgehead atoms. The van der Waals surface area contributed by atoms with Crippen LogP contribution < -0.4 is 10.0 Å². The molecule has 1 heterocycles. The van der Waals surface area contributed by atoms with Crippen molar-refractivity contribution < 1.29 is 8.42 Å². The molecule has 0 aromatic heterocycles. The first-order chi connectivity index (χ1) is 9.40. The van der Waals surface area contributed by atoms with Crippen LogP contribution in [0.2, 0.25) is 0 Å². The predicted octanol–water partition coefficient (Wildman–Crippen LogP) is 2.03. The molecule has 2 rings (SSSR count). The van der Waals surface area contributed by atoms with Crippen molar-refractivity contribution in [3.8, 4) is 0 Å². The fraction of sp³-hybridized carbons (Fsp3) is 0.600. The lowest BCUT2D eigenvalue weighted by molar-refractivity contribution is 0.539. The lowest BCUT2D eigenvalue weighted by Crippen LogP contribution is -2.31. The number of rotatable bonds is 5. The molecule has 2 N–H and O–H groups in total. The first-order valence-corrected chi connectivity index (χ1v) is 8.69. The molecule has 5 heteroatoms. The summed E-state index contributed by atoms with van der Waals surface area (Å²) in [5.74, 6) is 0. The number of nitrogens with one attached hydrogen (secondary N) is 2. The van der Waals surface area contributed by atoms with Crippen LogP contribution in [0.4, 0.5) is 0 Å². The monoisotopic (exact) mass is 296 g/mol. The van der Waals surface area contributed by atoms with E-state index in [4.69, 9.17) is 0 Å². The minimum absolute atomic E-state index is 0.433. The van der Waals surface area contributed by atoms with Crippen molar-refractivity contribution in [3.05, 3.63) is 28.8 Å². The van der Waals surface area contributed by atoms with Gasteiger partial charge in [-0.2, -0.15) is 0 Å². The van der Waals surface area contributed by atoms with Crippen molar-refractivity contribution in [1.82, 2.24) is 10.0 Å². The Morgan fingerprint density at radius 2 is 1.90 bits per heavy atom. The van der Waals surface area contributed by atoms with E-state index in [-0.39, 0.29) is 0 Å². The van der Waals surface area contributed by atoms with Crippen molar-refractivity contribution >= 4 is 10.0 Å². The molecule has 0 aliphatic carbocycles. The van der Waals surface area contributed by atoms with Crippen LogP contribution in [-0.4, -0.2) is 27.5 Å². The molecule has 0 amide bonds. The summed E-state index contributed by atoms with van der Waals surface area (Å²) in [4.78, 5) is 0.433. The summed E-state index contributed by atoms with van der Waals surface area (Å²) < 4.78 is 27.6. The molecule has 1 aromatic carbocycles. The van der Waals surface area contributed by atoms with Crippen LogP contribution in [0.5, 0.6) is 0 Å². The normalized spacial score (nSPS) is 19.4. The minimum Gasteiger partial charge on any atom is -0.314 e. The second kappa shape index (κ2) is 6.24. The van der Waals surface area contributed by atoms with Gasteiger partial charge < -0.3 is 5.32 Å². The number of aryl methyl sites for hydroxylation is 3. The third-order valence-corrected chi connectivity index (χ3v) is 5.59. The van der Waals surface area contributed by atoms with Crippen molar-refractivity contribution in [2.24, 2.45) is 0 Å². The molecule has 1 aromatic rings. The van der Waals surface area contributed by atoms with Crippen LogP contribution in [0.3, 0.4) is 0 Å². The van der Waals surface area contributed by atoms with E-state index in [1.54, 1.807) is 0 Å². The average Bonchev–Trinajstić information content (AvgIpc) is 2.79. The van der Waals surface area contributed by atoms with E-state index in [0.717, 1.165) is 36.1 Å². The summed E-state index contributed by atoms with van der Waals surface area (Å²) in [7, 11) is -3.41. The molecular weight excluding hydrogens is 272 g/mol. The number of hydrogen-bond donors (Lipinski definition) is 2. The highest BCUT2D eigenvalue weighted by Gasteiger charge is 2.20. The van der Waals surface area contributed by atoms with Crippen molar-refractivity contribution in [2.75, 3.05) is 13.1 Å². The summed E-state index contributed by atoms with van der Waals surface area (Å²) in [6.45, 7) is 7.23. The molecule has 0 saturated carbocycles. The van der Waals surface area contributed by atoms with Crippen molar-refractivity contribution in [3.63, 3.8) is 0 Å². The van der Waals surface area contributed by atoms with Gasteiger partial charge in [0.15, 0.2) is 0 Å². The summed E-state index contributed by atoms with van der Waals surface area (Å²) in [6.07, 6.45) is 3.18. The van der Waals surface area contributed by atoms with Crippen LogP contribution in [0.1, 0.15) is 36.0 Å². The van der Waals surface area contributed by atoms with Gasteiger partial charge in [0.1, 0.15) is 0 Å². The zero-order chi connectivity index (χ0) is 14.8. The third kappa shape index (κ3) is 3.59. The lowest BCUT2D eigenvalue weighted by Gasteiger charge is -2.14. The van der Waals surface area contributed by atoms with Crippen LogP contribution in [0, 0.1) is 20.8 Å². The highest BCUT2D eigenvalue weighted by atomic mass is 32.2. The van der Waals surface area contributed by atoms with Crippen LogP contribution in [0.25, 0.3) is 0 Å². The first-order valence-electron chi connectivity index (χ1n) is 7.21. The Morgan fingerprint density at radius 3 is 2.45 bits per heavy atom. The highest BCUT2D eigenvalue weighted by Crippen LogP contribution is 2.21. The SMILES string of the molecule is Cc1cc(C)c(S(=O)(=O)NCCC2CCCN2)c(C)c1. The number of sulfonamides is 1. The van der Waals surface area contributed by atoms with Crippen LogP contribution in [-0.2, 0) is 10.0 Å². The second-order valence-corrected chi connectivity index (χ2v) is 7.41. The van der Waals surface area contributed by atoms with Crippen molar-refractivity contribution in [1.29, 1.82) is 0 Å². The molecule has 0 spiro atoms. The van der Waals surface area contributed by atoms with E-state index in [1.807, 2.05) is 32.9 Å². The van der Waals surface area contributed by atoms with Gasteiger partial charge in [-0.3, -0.25) is 0 Å². The molecule has 20 heavy (non-hydrogen) atoms. The van der Waals surface area contributed by atoms with E-state index < -0.39 is 10.0 Å². The van der Waals surface area contributed by atoms with Gasteiger partial charge in [-0.05, 0) is 57.7 Å². The van der Waals surface area contributed by atoms with Gasteiger partial charge in [-0.15, -0.1) is 0 Å². The molecular formula is C15H24N2O2S. The van der Waals surface area contributed by atoms with Gasteiger partial charge in [-0.1, -0.05) is 17.7 Å². The zero-order valence-electron chi connectivity index (χ0n) is 12.5. The van der Waals surface area contributed by atoms with Crippen LogP contribution >= 0.6 is 0 Å². The molecule has 1 saturated heterocycles. The molecule has 1 aliphatic rings. The van der Waals surface area contributed by atoms with Crippen molar-refractivity contribution in [2.45, 2.75) is 51.0 Å². The number of benzene rings is 1. The van der Waals surface area contributed by atoms with Gasteiger partial charge in [-0.25, -0.2) is 13.1 Å². The maximum Gasteiger partial charge on any atom is 0.241 e. The minimum atomic E-state index is -3.41.